The van der Waals surface area contributed by atoms with E-state index < -0.39 is 5.97 Å². The molecule has 0 saturated carbocycles. The molecule has 128 valence electrons. The van der Waals surface area contributed by atoms with Crippen LogP contribution in [0, 0.1) is 11.8 Å². The lowest BCUT2D eigenvalue weighted by molar-refractivity contribution is -0.142. The highest BCUT2D eigenvalue weighted by atomic mass is 35.5. The number of rotatable bonds is 8. The average molecular weight is 339 g/mol. The van der Waals surface area contributed by atoms with Gasteiger partial charge in [-0.15, -0.1) is 0 Å². The molecule has 5 heteroatoms. The molecule has 0 amide bonds. The Bertz CT molecular complexity index is 528. The van der Waals surface area contributed by atoms with Crippen LogP contribution < -0.4 is 10.2 Å². The molecule has 2 rings (SSSR count). The first kappa shape index (κ1) is 18.1. The van der Waals surface area contributed by atoms with Crippen molar-refractivity contribution in [1.29, 1.82) is 0 Å². The van der Waals surface area contributed by atoms with E-state index in [-0.39, 0.29) is 5.92 Å². The van der Waals surface area contributed by atoms with Crippen LogP contribution in [0.25, 0.3) is 0 Å². The van der Waals surface area contributed by atoms with E-state index in [1.807, 2.05) is 12.1 Å². The smallest absolute Gasteiger partial charge is 0.307 e. The van der Waals surface area contributed by atoms with Crippen molar-refractivity contribution in [2.45, 2.75) is 39.7 Å². The highest BCUT2D eigenvalue weighted by Crippen LogP contribution is 2.30. The van der Waals surface area contributed by atoms with Crippen LogP contribution in [0.15, 0.2) is 18.2 Å². The lowest BCUT2D eigenvalue weighted by Gasteiger charge is -2.23. The van der Waals surface area contributed by atoms with Gasteiger partial charge in [0.15, 0.2) is 0 Å². The van der Waals surface area contributed by atoms with Gasteiger partial charge < -0.3 is 15.3 Å². The van der Waals surface area contributed by atoms with E-state index in [0.29, 0.717) is 25.4 Å². The molecule has 1 aromatic rings. The zero-order valence-corrected chi connectivity index (χ0v) is 14.8. The number of benzene rings is 1. The Morgan fingerprint density at radius 2 is 2.04 bits per heavy atom. The number of aliphatic carboxylic acids is 1. The van der Waals surface area contributed by atoms with E-state index in [4.69, 9.17) is 11.6 Å². The van der Waals surface area contributed by atoms with Crippen molar-refractivity contribution in [1.82, 2.24) is 5.32 Å². The minimum absolute atomic E-state index is 0.354. The number of nitrogens with one attached hydrogen (secondary N) is 1. The molecule has 0 radical (unpaired) electrons. The standard InChI is InChI=1S/C18H27ClN2O2/c1-13(2)10-14(18(22)23)11-20-12-15-16(19)6-5-7-17(15)21-8-3-4-9-21/h5-7,13-14,20H,3-4,8-12H2,1-2H3,(H,22,23). The van der Waals surface area contributed by atoms with E-state index in [2.05, 4.69) is 30.1 Å². The summed E-state index contributed by atoms with van der Waals surface area (Å²) in [5.41, 5.74) is 2.25. The topological polar surface area (TPSA) is 52.6 Å². The van der Waals surface area contributed by atoms with E-state index in [0.717, 1.165) is 23.7 Å². The number of hydrogen-bond acceptors (Lipinski definition) is 3. The predicted octanol–water partition coefficient (Wildman–Crippen LogP) is 3.78. The Hall–Kier alpha value is -1.26. The van der Waals surface area contributed by atoms with Crippen LogP contribution in [0.4, 0.5) is 5.69 Å². The molecule has 2 N–H and O–H groups in total. The zero-order valence-electron chi connectivity index (χ0n) is 14.0. The van der Waals surface area contributed by atoms with Crippen LogP contribution in [0.2, 0.25) is 5.02 Å². The molecule has 4 nitrogen and oxygen atoms in total. The fraction of sp³-hybridized carbons (Fsp3) is 0.611. The first-order valence-corrected chi connectivity index (χ1v) is 8.82. The zero-order chi connectivity index (χ0) is 16.8. The Labute approximate surface area is 143 Å². The largest absolute Gasteiger partial charge is 0.481 e. The highest BCUT2D eigenvalue weighted by molar-refractivity contribution is 6.31. The maximum atomic E-state index is 11.3. The van der Waals surface area contributed by atoms with Crippen molar-refractivity contribution in [3.63, 3.8) is 0 Å². The monoisotopic (exact) mass is 338 g/mol. The van der Waals surface area contributed by atoms with Gasteiger partial charge in [-0.05, 0) is 37.3 Å². The lowest BCUT2D eigenvalue weighted by atomic mass is 9.97. The second-order valence-corrected chi connectivity index (χ2v) is 7.13. The van der Waals surface area contributed by atoms with Crippen LogP contribution in [0.3, 0.4) is 0 Å². The van der Waals surface area contributed by atoms with Gasteiger partial charge in [0, 0.05) is 42.5 Å². The van der Waals surface area contributed by atoms with Gasteiger partial charge in [-0.3, -0.25) is 4.79 Å². The molecule has 1 saturated heterocycles. The number of carboxylic acids is 1. The second-order valence-electron chi connectivity index (χ2n) is 6.73. The van der Waals surface area contributed by atoms with E-state index >= 15 is 0 Å². The third kappa shape index (κ3) is 5.11. The Kier molecular flexibility index (Phi) is 6.72. The van der Waals surface area contributed by atoms with E-state index in [9.17, 15) is 9.90 Å². The molecule has 1 aromatic carbocycles. The summed E-state index contributed by atoms with van der Waals surface area (Å²) < 4.78 is 0. The lowest BCUT2D eigenvalue weighted by Crippen LogP contribution is -2.30. The van der Waals surface area contributed by atoms with Crippen LogP contribution in [0.1, 0.15) is 38.7 Å². The van der Waals surface area contributed by atoms with Gasteiger partial charge >= 0.3 is 5.97 Å². The fourth-order valence-corrected chi connectivity index (χ4v) is 3.42. The molecular weight excluding hydrogens is 312 g/mol. The summed E-state index contributed by atoms with van der Waals surface area (Å²) in [5.74, 6) is -0.712. The first-order valence-electron chi connectivity index (χ1n) is 8.45. The maximum absolute atomic E-state index is 11.3. The third-order valence-electron chi connectivity index (χ3n) is 4.34. The fourth-order valence-electron chi connectivity index (χ4n) is 3.19. The molecule has 1 atom stereocenters. The molecule has 23 heavy (non-hydrogen) atoms. The van der Waals surface area contributed by atoms with Crippen molar-refractivity contribution >= 4 is 23.3 Å². The van der Waals surface area contributed by atoms with Crippen molar-refractivity contribution in [3.05, 3.63) is 28.8 Å². The molecular formula is C18H27ClN2O2. The predicted molar refractivity (Wildman–Crippen MR) is 95.2 cm³/mol. The summed E-state index contributed by atoms with van der Waals surface area (Å²) in [5, 5.41) is 13.4. The Balaban J connectivity index is 2.00. The minimum atomic E-state index is -0.731. The summed E-state index contributed by atoms with van der Waals surface area (Å²) >= 11 is 6.39. The number of hydrogen-bond donors (Lipinski definition) is 2. The summed E-state index contributed by atoms with van der Waals surface area (Å²) in [6.45, 7) is 7.31. The first-order chi connectivity index (χ1) is 11.0. The molecule has 0 bridgehead atoms. The molecule has 0 aliphatic carbocycles. The number of carbonyl (C=O) groups is 1. The van der Waals surface area contributed by atoms with Gasteiger partial charge in [-0.2, -0.15) is 0 Å². The van der Waals surface area contributed by atoms with Crippen molar-refractivity contribution in [2.24, 2.45) is 11.8 Å². The van der Waals surface area contributed by atoms with Crippen LogP contribution >= 0.6 is 11.6 Å². The van der Waals surface area contributed by atoms with Gasteiger partial charge in [0.2, 0.25) is 0 Å². The molecule has 1 fully saturated rings. The third-order valence-corrected chi connectivity index (χ3v) is 4.69. The SMILES string of the molecule is CC(C)CC(CNCc1c(Cl)cccc1N1CCCC1)C(=O)O. The van der Waals surface area contributed by atoms with Crippen LogP contribution in [-0.2, 0) is 11.3 Å². The van der Waals surface area contributed by atoms with Gasteiger partial charge in [0.25, 0.3) is 0 Å². The van der Waals surface area contributed by atoms with Gasteiger partial charge in [-0.25, -0.2) is 0 Å². The number of halogens is 1. The molecule has 0 spiro atoms. The summed E-state index contributed by atoms with van der Waals surface area (Å²) in [6.07, 6.45) is 3.12. The minimum Gasteiger partial charge on any atom is -0.481 e. The molecule has 1 aliphatic heterocycles. The van der Waals surface area contributed by atoms with E-state index in [1.165, 1.54) is 18.5 Å². The van der Waals surface area contributed by atoms with Crippen molar-refractivity contribution < 1.29 is 9.90 Å². The van der Waals surface area contributed by atoms with Crippen LogP contribution in [-0.4, -0.2) is 30.7 Å². The Morgan fingerprint density at radius 3 is 2.65 bits per heavy atom. The quantitative estimate of drug-likeness (QED) is 0.757. The van der Waals surface area contributed by atoms with Crippen LogP contribution in [0.5, 0.6) is 0 Å². The molecule has 1 aliphatic rings. The number of carboxylic acid groups (broad SMARTS) is 1. The van der Waals surface area contributed by atoms with Crippen molar-refractivity contribution in [3.8, 4) is 0 Å². The number of nitrogens with zero attached hydrogens (tertiary/aromatic N) is 1. The van der Waals surface area contributed by atoms with Gasteiger partial charge in [0.05, 0.1) is 5.92 Å². The molecule has 1 heterocycles. The van der Waals surface area contributed by atoms with Gasteiger partial charge in [0.1, 0.15) is 0 Å². The maximum Gasteiger partial charge on any atom is 0.307 e. The second kappa shape index (κ2) is 8.55. The normalized spacial score (nSPS) is 16.1. The number of anilines is 1. The average Bonchev–Trinajstić information content (AvgIpc) is 3.01. The van der Waals surface area contributed by atoms with Gasteiger partial charge in [-0.1, -0.05) is 31.5 Å². The summed E-state index contributed by atoms with van der Waals surface area (Å²) in [4.78, 5) is 13.7. The highest BCUT2D eigenvalue weighted by Gasteiger charge is 2.20. The Morgan fingerprint density at radius 1 is 1.35 bits per heavy atom. The van der Waals surface area contributed by atoms with E-state index in [1.54, 1.807) is 0 Å². The summed E-state index contributed by atoms with van der Waals surface area (Å²) in [7, 11) is 0. The molecule has 1 unspecified atom stereocenters. The molecule has 0 aromatic heterocycles. The van der Waals surface area contributed by atoms with Crippen molar-refractivity contribution in [2.75, 3.05) is 24.5 Å². The summed E-state index contributed by atoms with van der Waals surface area (Å²) in [6, 6.07) is 6.00.